The minimum Gasteiger partial charge on any atom is -0.295 e. The van der Waals surface area contributed by atoms with E-state index in [0.717, 1.165) is 12.8 Å². The molecule has 0 radical (unpaired) electrons. The van der Waals surface area contributed by atoms with E-state index in [-0.39, 0.29) is 10.8 Å². The van der Waals surface area contributed by atoms with Gasteiger partial charge < -0.3 is 0 Å². The molecule has 0 amide bonds. The number of rotatable bonds is 0. The van der Waals surface area contributed by atoms with Crippen molar-refractivity contribution in [2.24, 2.45) is 46.3 Å². The second-order valence-corrected chi connectivity index (χ2v) is 9.91. The van der Waals surface area contributed by atoms with Gasteiger partial charge in [0.25, 0.3) is 0 Å². The summed E-state index contributed by atoms with van der Waals surface area (Å²) in [6.07, 6.45) is 14.7. The van der Waals surface area contributed by atoms with Gasteiger partial charge in [-0.3, -0.25) is 4.79 Å². The van der Waals surface area contributed by atoms with Crippen molar-refractivity contribution >= 4 is 5.78 Å². The lowest BCUT2D eigenvalue weighted by molar-refractivity contribution is -0.116. The molecule has 25 heavy (non-hydrogen) atoms. The summed E-state index contributed by atoms with van der Waals surface area (Å²) in [5.74, 6) is 7.13. The Bertz CT molecular complexity index is 719. The van der Waals surface area contributed by atoms with Crippen LogP contribution in [0.1, 0.15) is 60.3 Å². The molecule has 4 aliphatic carbocycles. The minimum absolute atomic E-state index is 0.177. The summed E-state index contributed by atoms with van der Waals surface area (Å²) in [6.45, 7) is 11.9. The number of fused-ring (bicyclic) bond motifs is 5. The normalized spacial score (nSPS) is 51.6. The van der Waals surface area contributed by atoms with Crippen LogP contribution in [0.2, 0.25) is 0 Å². The molecule has 4 rings (SSSR count). The van der Waals surface area contributed by atoms with Crippen LogP contribution in [0.4, 0.5) is 0 Å². The monoisotopic (exact) mass is 336 g/mol. The molecule has 134 valence electrons. The van der Waals surface area contributed by atoms with Gasteiger partial charge in [0.15, 0.2) is 5.78 Å². The molecule has 8 atom stereocenters. The van der Waals surface area contributed by atoms with Crippen molar-refractivity contribution in [3.63, 3.8) is 0 Å². The first-order valence-electron chi connectivity index (χ1n) is 10.1. The van der Waals surface area contributed by atoms with Crippen LogP contribution < -0.4 is 0 Å². The molecular formula is C24H32O. The lowest BCUT2D eigenvalue weighted by Crippen LogP contribution is -2.50. The Balaban J connectivity index is 1.83. The molecule has 0 bridgehead atoms. The van der Waals surface area contributed by atoms with E-state index in [4.69, 9.17) is 6.42 Å². The predicted molar refractivity (Wildman–Crippen MR) is 103 cm³/mol. The molecule has 1 nitrogen and oxygen atoms in total. The Kier molecular flexibility index (Phi) is 3.67. The Labute approximate surface area is 153 Å². The third-order valence-corrected chi connectivity index (χ3v) is 8.94. The first-order chi connectivity index (χ1) is 11.7. The third-order valence-electron chi connectivity index (χ3n) is 8.94. The van der Waals surface area contributed by atoms with Crippen molar-refractivity contribution in [2.45, 2.75) is 60.3 Å². The maximum Gasteiger partial charge on any atom is 0.156 e. The molecule has 0 aliphatic heterocycles. The summed E-state index contributed by atoms with van der Waals surface area (Å²) in [6, 6.07) is 0. The Morgan fingerprint density at radius 3 is 2.60 bits per heavy atom. The fraction of sp³-hybridized carbons (Fsp3) is 0.708. The molecule has 7 unspecified atom stereocenters. The summed E-state index contributed by atoms with van der Waals surface area (Å²) < 4.78 is 0. The van der Waals surface area contributed by atoms with Gasteiger partial charge in [0.1, 0.15) is 0 Å². The second-order valence-electron chi connectivity index (χ2n) is 9.91. The van der Waals surface area contributed by atoms with E-state index in [1.54, 1.807) is 0 Å². The van der Waals surface area contributed by atoms with Gasteiger partial charge in [0.05, 0.1) is 0 Å². The van der Waals surface area contributed by atoms with E-state index in [2.05, 4.69) is 46.6 Å². The van der Waals surface area contributed by atoms with Crippen molar-refractivity contribution in [3.8, 4) is 12.3 Å². The van der Waals surface area contributed by atoms with Gasteiger partial charge >= 0.3 is 0 Å². The summed E-state index contributed by atoms with van der Waals surface area (Å²) in [5.41, 5.74) is 3.13. The zero-order valence-corrected chi connectivity index (χ0v) is 16.4. The van der Waals surface area contributed by atoms with Crippen molar-refractivity contribution in [2.75, 3.05) is 0 Å². The Morgan fingerprint density at radius 2 is 1.92 bits per heavy atom. The van der Waals surface area contributed by atoms with Gasteiger partial charge in [-0.1, -0.05) is 39.3 Å². The maximum absolute atomic E-state index is 12.1. The summed E-state index contributed by atoms with van der Waals surface area (Å²) in [7, 11) is 0. The van der Waals surface area contributed by atoms with Gasteiger partial charge in [-0.2, -0.15) is 0 Å². The standard InChI is InChI=1S/C24H32O/c1-7-19-15(3)16(4)22-18-12-14(2)21-13-17(25)8-10-23(21,5)20(18)9-11-24(19,22)6/h1,12-13,15-16,18-20,22H,8-11H2,2-6H3/t15?,16-,18?,19?,20?,22?,23?,24?/m1/s1. The summed E-state index contributed by atoms with van der Waals surface area (Å²) in [4.78, 5) is 12.1. The smallest absolute Gasteiger partial charge is 0.156 e. The molecule has 2 fully saturated rings. The van der Waals surface area contributed by atoms with Crippen molar-refractivity contribution in [1.29, 1.82) is 0 Å². The van der Waals surface area contributed by atoms with Crippen LogP contribution in [0.15, 0.2) is 23.3 Å². The van der Waals surface area contributed by atoms with Gasteiger partial charge in [0.2, 0.25) is 0 Å². The molecule has 1 heteroatoms. The van der Waals surface area contributed by atoms with Crippen LogP contribution in [0, 0.1) is 58.7 Å². The highest BCUT2D eigenvalue weighted by molar-refractivity contribution is 5.92. The predicted octanol–water partition coefficient (Wildman–Crippen LogP) is 5.43. The maximum atomic E-state index is 12.1. The van der Waals surface area contributed by atoms with Gasteiger partial charge in [-0.15, -0.1) is 12.3 Å². The average Bonchev–Trinajstić information content (AvgIpc) is 2.75. The molecule has 0 saturated heterocycles. The lowest BCUT2D eigenvalue weighted by Gasteiger charge is -2.57. The van der Waals surface area contributed by atoms with E-state index in [0.29, 0.717) is 41.3 Å². The molecule has 0 heterocycles. The topological polar surface area (TPSA) is 17.1 Å². The highest BCUT2D eigenvalue weighted by Crippen LogP contribution is 2.68. The SMILES string of the molecule is C#CC1C(C)[C@@H](C)C2C3C=C(C)C4=CC(=O)CCC4(C)C3CCC12C. The zero-order chi connectivity index (χ0) is 18.1. The van der Waals surface area contributed by atoms with Gasteiger partial charge in [-0.25, -0.2) is 0 Å². The number of carbonyl (C=O) groups is 1. The fourth-order valence-corrected chi connectivity index (χ4v) is 7.61. The number of carbonyl (C=O) groups excluding carboxylic acids is 1. The molecule has 0 spiro atoms. The third kappa shape index (κ3) is 2.06. The molecular weight excluding hydrogens is 304 g/mol. The van der Waals surface area contributed by atoms with Crippen LogP contribution in [-0.2, 0) is 4.79 Å². The van der Waals surface area contributed by atoms with Crippen molar-refractivity contribution in [3.05, 3.63) is 23.3 Å². The number of allylic oxidation sites excluding steroid dienone is 4. The average molecular weight is 337 g/mol. The first kappa shape index (κ1) is 17.1. The van der Waals surface area contributed by atoms with E-state index < -0.39 is 0 Å². The quantitative estimate of drug-likeness (QED) is 0.539. The fourth-order valence-electron chi connectivity index (χ4n) is 7.61. The van der Waals surface area contributed by atoms with E-state index in [9.17, 15) is 4.79 Å². The summed E-state index contributed by atoms with van der Waals surface area (Å²) >= 11 is 0. The molecule has 0 aromatic carbocycles. The number of hydrogen-bond acceptors (Lipinski definition) is 1. The van der Waals surface area contributed by atoms with E-state index in [1.165, 1.54) is 24.0 Å². The van der Waals surface area contributed by atoms with Gasteiger partial charge in [0, 0.05) is 12.3 Å². The number of hydrogen-bond donors (Lipinski definition) is 0. The van der Waals surface area contributed by atoms with Crippen LogP contribution in [-0.4, -0.2) is 5.78 Å². The molecule has 2 saturated carbocycles. The minimum atomic E-state index is 0.177. The number of ketones is 1. The van der Waals surface area contributed by atoms with E-state index in [1.807, 2.05) is 6.08 Å². The van der Waals surface area contributed by atoms with Crippen LogP contribution in [0.3, 0.4) is 0 Å². The molecule has 4 aliphatic rings. The highest BCUT2D eigenvalue weighted by Gasteiger charge is 2.62. The molecule has 0 N–H and O–H groups in total. The Morgan fingerprint density at radius 1 is 1.20 bits per heavy atom. The second kappa shape index (κ2) is 5.35. The summed E-state index contributed by atoms with van der Waals surface area (Å²) in [5, 5.41) is 0. The lowest BCUT2D eigenvalue weighted by atomic mass is 9.47. The van der Waals surface area contributed by atoms with Crippen molar-refractivity contribution in [1.82, 2.24) is 0 Å². The van der Waals surface area contributed by atoms with Crippen LogP contribution in [0.5, 0.6) is 0 Å². The van der Waals surface area contributed by atoms with Crippen LogP contribution in [0.25, 0.3) is 0 Å². The highest BCUT2D eigenvalue weighted by atomic mass is 16.1. The number of terminal acetylenes is 1. The van der Waals surface area contributed by atoms with E-state index >= 15 is 0 Å². The molecule has 0 aromatic rings. The Hall–Kier alpha value is -1.29. The molecule has 0 aromatic heterocycles. The van der Waals surface area contributed by atoms with Crippen LogP contribution >= 0.6 is 0 Å². The largest absolute Gasteiger partial charge is 0.295 e. The van der Waals surface area contributed by atoms with Gasteiger partial charge in [-0.05, 0) is 78.3 Å². The van der Waals surface area contributed by atoms with Crippen molar-refractivity contribution < 1.29 is 4.79 Å². The first-order valence-corrected chi connectivity index (χ1v) is 10.1. The zero-order valence-electron chi connectivity index (χ0n) is 16.4.